The van der Waals surface area contributed by atoms with Crippen LogP contribution in [0.15, 0.2) is 48.5 Å². The van der Waals surface area contributed by atoms with Crippen LogP contribution in [0.4, 0.5) is 5.69 Å². The lowest BCUT2D eigenvalue weighted by Crippen LogP contribution is -2.46. The summed E-state index contributed by atoms with van der Waals surface area (Å²) < 4.78 is 28.7. The van der Waals surface area contributed by atoms with Gasteiger partial charge in [0, 0.05) is 37.4 Å². The van der Waals surface area contributed by atoms with Crippen molar-refractivity contribution >= 4 is 21.4 Å². The van der Waals surface area contributed by atoms with Gasteiger partial charge in [-0.25, -0.2) is 8.42 Å². The van der Waals surface area contributed by atoms with Crippen LogP contribution in [0, 0.1) is 0 Å². The Bertz CT molecular complexity index is 1060. The van der Waals surface area contributed by atoms with E-state index in [1.54, 1.807) is 7.11 Å². The first-order valence-corrected chi connectivity index (χ1v) is 13.9. The molecule has 0 aromatic heterocycles. The Kier molecular flexibility index (Phi) is 8.11. The fraction of sp³-hybridized carbons (Fsp3) is 0.500. The van der Waals surface area contributed by atoms with E-state index in [4.69, 9.17) is 4.74 Å². The molecule has 2 fully saturated rings. The fourth-order valence-electron chi connectivity index (χ4n) is 4.88. The molecule has 2 aromatic rings. The summed E-state index contributed by atoms with van der Waals surface area (Å²) in [5, 5.41) is 6.55. The van der Waals surface area contributed by atoms with Crippen molar-refractivity contribution in [1.82, 2.24) is 10.6 Å². The Balaban J connectivity index is 1.18. The van der Waals surface area contributed by atoms with Gasteiger partial charge in [-0.3, -0.25) is 4.79 Å². The molecule has 8 heteroatoms. The zero-order chi connectivity index (χ0) is 24.0. The number of ether oxygens (including phenoxy) is 1. The average molecular weight is 486 g/mol. The quantitative estimate of drug-likeness (QED) is 0.567. The molecule has 2 aromatic carbocycles. The van der Waals surface area contributed by atoms with Crippen LogP contribution >= 0.6 is 0 Å². The lowest BCUT2D eigenvalue weighted by atomic mass is 10.0. The molecule has 2 saturated heterocycles. The summed E-state index contributed by atoms with van der Waals surface area (Å²) >= 11 is 0. The Morgan fingerprint density at radius 1 is 1.03 bits per heavy atom. The van der Waals surface area contributed by atoms with Crippen LogP contribution < -0.4 is 20.3 Å². The number of amides is 1. The minimum atomic E-state index is -2.84. The zero-order valence-corrected chi connectivity index (χ0v) is 20.6. The van der Waals surface area contributed by atoms with Gasteiger partial charge in [0.25, 0.3) is 0 Å². The van der Waals surface area contributed by atoms with Crippen LogP contribution in [-0.2, 0) is 27.5 Å². The molecule has 2 heterocycles. The summed E-state index contributed by atoms with van der Waals surface area (Å²) in [7, 11) is -1.18. The predicted molar refractivity (Wildman–Crippen MR) is 135 cm³/mol. The smallest absolute Gasteiger partial charge is 0.224 e. The number of nitrogens with one attached hydrogen (secondary N) is 2. The van der Waals surface area contributed by atoms with Crippen LogP contribution in [0.3, 0.4) is 0 Å². The van der Waals surface area contributed by atoms with Crippen molar-refractivity contribution in [3.63, 3.8) is 0 Å². The van der Waals surface area contributed by atoms with E-state index in [2.05, 4.69) is 27.7 Å². The molecule has 0 spiro atoms. The van der Waals surface area contributed by atoms with Gasteiger partial charge in [0.1, 0.15) is 5.75 Å². The summed E-state index contributed by atoms with van der Waals surface area (Å²) in [5.74, 6) is 1.46. The van der Waals surface area contributed by atoms with Crippen molar-refractivity contribution < 1.29 is 17.9 Å². The third-order valence-corrected chi connectivity index (χ3v) is 8.54. The number of carbonyl (C=O) groups excluding carboxylic acids is 1. The molecule has 0 aliphatic carbocycles. The van der Waals surface area contributed by atoms with E-state index in [0.29, 0.717) is 24.8 Å². The number of methoxy groups -OCH3 is 1. The maximum absolute atomic E-state index is 12.4. The number of hydrogen-bond donors (Lipinski definition) is 2. The molecule has 0 unspecified atom stereocenters. The van der Waals surface area contributed by atoms with Crippen molar-refractivity contribution in [3.05, 3.63) is 59.7 Å². The fourth-order valence-corrected chi connectivity index (χ4v) is 6.57. The molecular weight excluding hydrogens is 450 g/mol. The topological polar surface area (TPSA) is 87.7 Å². The number of anilines is 1. The van der Waals surface area contributed by atoms with E-state index in [9.17, 15) is 13.2 Å². The van der Waals surface area contributed by atoms with E-state index >= 15 is 0 Å². The Hall–Kier alpha value is -2.58. The number of hydrogen-bond acceptors (Lipinski definition) is 6. The van der Waals surface area contributed by atoms with Gasteiger partial charge in [0.2, 0.25) is 5.91 Å². The van der Waals surface area contributed by atoms with Crippen molar-refractivity contribution in [1.29, 1.82) is 0 Å². The first-order valence-electron chi connectivity index (χ1n) is 12.1. The molecule has 4 rings (SSSR count). The van der Waals surface area contributed by atoms with Gasteiger partial charge in [-0.05, 0) is 55.0 Å². The average Bonchev–Trinajstić information content (AvgIpc) is 3.18. The van der Waals surface area contributed by atoms with E-state index in [1.165, 1.54) is 5.69 Å². The Labute approximate surface area is 202 Å². The summed E-state index contributed by atoms with van der Waals surface area (Å²) in [6.45, 7) is 2.47. The van der Waals surface area contributed by atoms with Gasteiger partial charge in [0.15, 0.2) is 9.84 Å². The number of rotatable bonds is 9. The van der Waals surface area contributed by atoms with Crippen LogP contribution in [0.2, 0.25) is 0 Å². The monoisotopic (exact) mass is 485 g/mol. The maximum atomic E-state index is 12.4. The molecular formula is C26H35N3O4S. The number of nitrogens with zero attached hydrogens (tertiary/aromatic N) is 1. The predicted octanol–water partition coefficient (Wildman–Crippen LogP) is 2.34. The summed E-state index contributed by atoms with van der Waals surface area (Å²) in [6.07, 6.45) is 3.84. The van der Waals surface area contributed by atoms with Gasteiger partial charge in [-0.2, -0.15) is 0 Å². The SMILES string of the molecule is COc1ccccc1CCNC(=O)Cc1ccc(N2CCC(N[C@@H]3CCS(=O)(=O)C3)CC2)cc1. The lowest BCUT2D eigenvalue weighted by molar-refractivity contribution is -0.120. The second-order valence-corrected chi connectivity index (χ2v) is 11.5. The molecule has 2 aliphatic rings. The van der Waals surface area contributed by atoms with E-state index in [0.717, 1.165) is 55.6 Å². The van der Waals surface area contributed by atoms with Crippen molar-refractivity contribution in [2.24, 2.45) is 0 Å². The minimum Gasteiger partial charge on any atom is -0.496 e. The maximum Gasteiger partial charge on any atom is 0.224 e. The molecule has 2 N–H and O–H groups in total. The third kappa shape index (κ3) is 6.73. The number of para-hydroxylation sites is 1. The number of carbonyl (C=O) groups is 1. The molecule has 0 bridgehead atoms. The zero-order valence-electron chi connectivity index (χ0n) is 19.8. The Morgan fingerprint density at radius 3 is 2.44 bits per heavy atom. The number of piperidine rings is 1. The van der Waals surface area contributed by atoms with Crippen molar-refractivity contribution in [2.45, 2.75) is 44.2 Å². The molecule has 1 amide bonds. The largest absolute Gasteiger partial charge is 0.496 e. The normalized spacial score (nSPS) is 20.3. The molecule has 34 heavy (non-hydrogen) atoms. The number of sulfone groups is 1. The molecule has 2 aliphatic heterocycles. The highest BCUT2D eigenvalue weighted by Crippen LogP contribution is 2.22. The molecule has 7 nitrogen and oxygen atoms in total. The molecule has 1 atom stereocenters. The third-order valence-electron chi connectivity index (χ3n) is 6.77. The highest BCUT2D eigenvalue weighted by molar-refractivity contribution is 7.91. The van der Waals surface area contributed by atoms with E-state index in [-0.39, 0.29) is 17.7 Å². The Morgan fingerprint density at radius 2 is 1.76 bits per heavy atom. The first kappa shape index (κ1) is 24.5. The van der Waals surface area contributed by atoms with E-state index in [1.807, 2.05) is 36.4 Å². The van der Waals surface area contributed by atoms with Gasteiger partial charge in [-0.15, -0.1) is 0 Å². The minimum absolute atomic E-state index is 0.0171. The van der Waals surface area contributed by atoms with E-state index < -0.39 is 9.84 Å². The summed E-state index contributed by atoms with van der Waals surface area (Å²) in [6, 6.07) is 16.6. The van der Waals surface area contributed by atoms with Crippen LogP contribution in [0.25, 0.3) is 0 Å². The lowest BCUT2D eigenvalue weighted by Gasteiger charge is -2.35. The highest BCUT2D eigenvalue weighted by atomic mass is 32.2. The van der Waals surface area contributed by atoms with Crippen LogP contribution in [0.5, 0.6) is 5.75 Å². The number of benzene rings is 2. The molecule has 0 radical (unpaired) electrons. The summed E-state index contributed by atoms with van der Waals surface area (Å²) in [5.41, 5.74) is 3.25. The van der Waals surface area contributed by atoms with Gasteiger partial charge in [0.05, 0.1) is 25.0 Å². The first-order chi connectivity index (χ1) is 16.4. The standard InChI is InChI=1S/C26H35N3O4S/c1-33-25-5-3-2-4-21(25)10-14-27-26(30)18-20-6-8-24(9-7-20)29-15-11-22(12-16-29)28-23-13-17-34(31,32)19-23/h2-9,22-23,28H,10-19H2,1H3,(H,27,30)/t23-/m1/s1. The van der Waals surface area contributed by atoms with Crippen LogP contribution in [0.1, 0.15) is 30.4 Å². The highest BCUT2D eigenvalue weighted by Gasteiger charge is 2.30. The van der Waals surface area contributed by atoms with Crippen molar-refractivity contribution in [3.8, 4) is 5.75 Å². The summed E-state index contributed by atoms with van der Waals surface area (Å²) in [4.78, 5) is 14.7. The second-order valence-electron chi connectivity index (χ2n) is 9.28. The van der Waals surface area contributed by atoms with Gasteiger partial charge < -0.3 is 20.3 Å². The van der Waals surface area contributed by atoms with Gasteiger partial charge >= 0.3 is 0 Å². The second kappa shape index (κ2) is 11.2. The molecule has 184 valence electrons. The van der Waals surface area contributed by atoms with Gasteiger partial charge in [-0.1, -0.05) is 30.3 Å². The van der Waals surface area contributed by atoms with Crippen LogP contribution in [-0.4, -0.2) is 64.7 Å². The molecule has 0 saturated carbocycles. The van der Waals surface area contributed by atoms with Crippen molar-refractivity contribution in [2.75, 3.05) is 43.1 Å².